The van der Waals surface area contributed by atoms with Crippen molar-refractivity contribution in [2.24, 2.45) is 0 Å². The first-order valence-corrected chi connectivity index (χ1v) is 21.2. The number of carbonyl (C=O) groups excluding carboxylic acids is 6. The number of hydrogen-bond acceptors (Lipinski definition) is 14. The van der Waals surface area contributed by atoms with Crippen LogP contribution >= 0.6 is 11.6 Å². The number of hydrogen-bond donors (Lipinski definition) is 4. The molecule has 2 saturated heterocycles. The summed E-state index contributed by atoms with van der Waals surface area (Å²) in [6.45, 7) is 6.49. The van der Waals surface area contributed by atoms with E-state index in [4.69, 9.17) is 21.1 Å². The molecule has 3 aliphatic rings. The number of nitrogens with zero attached hydrogens (tertiary/aromatic N) is 6. The summed E-state index contributed by atoms with van der Waals surface area (Å²) < 4.78 is 42.7. The molecule has 1 aromatic heterocycles. The molecule has 2 fully saturated rings. The minimum atomic E-state index is -1.06. The number of ether oxygens (including phenoxy) is 2. The number of phenolic OH excluding ortho intramolecular Hbond substituents is 1. The van der Waals surface area contributed by atoms with Crippen molar-refractivity contribution in [3.63, 3.8) is 0 Å². The quantitative estimate of drug-likeness (QED) is 0.0638. The van der Waals surface area contributed by atoms with Crippen LogP contribution in [0.5, 0.6) is 5.75 Å². The van der Waals surface area contributed by atoms with E-state index in [2.05, 4.69) is 32.5 Å². The van der Waals surface area contributed by atoms with Crippen LogP contribution in [0.2, 0.25) is 5.02 Å². The maximum atomic E-state index is 16.4. The lowest BCUT2D eigenvalue weighted by molar-refractivity contribution is -0.136. The molecule has 0 radical (unpaired) electrons. The summed E-state index contributed by atoms with van der Waals surface area (Å²) in [7, 11) is 1.62. The Hall–Kier alpha value is -6.77. The van der Waals surface area contributed by atoms with E-state index in [1.54, 1.807) is 24.1 Å². The molecule has 18 nitrogen and oxygen atoms in total. The smallest absolute Gasteiger partial charge is 0.264 e. The van der Waals surface area contributed by atoms with Gasteiger partial charge in [-0.15, -0.1) is 0 Å². The lowest BCUT2D eigenvalue weighted by Crippen LogP contribution is -2.54. The number of amides is 6. The van der Waals surface area contributed by atoms with Gasteiger partial charge in [0.05, 0.1) is 48.1 Å². The molecule has 1 atom stereocenters. The predicted molar refractivity (Wildman–Crippen MR) is 235 cm³/mol. The van der Waals surface area contributed by atoms with Crippen molar-refractivity contribution in [3.8, 4) is 16.9 Å². The maximum Gasteiger partial charge on any atom is 0.264 e. The SMILES string of the molecule is C=CC(=O)N1CCN(c2nc(NCCC(=O)N(C)CCOCCOCCNc3cccc4c3C(=O)N([C@H]3CCC(=O)NC3=O)C4=O)nc3c(F)c(-c4c(O)cccc4F)c(Cl)cc23)CC1. The molecule has 4 N–H and O–H groups in total. The first kappa shape index (κ1) is 46.2. The molecular formula is C44H46ClF2N9O9. The number of nitrogens with one attached hydrogen (secondary N) is 3. The summed E-state index contributed by atoms with van der Waals surface area (Å²) in [5.74, 6) is -4.87. The monoisotopic (exact) mass is 917 g/mol. The van der Waals surface area contributed by atoms with E-state index in [1.807, 2.05) is 4.90 Å². The van der Waals surface area contributed by atoms with E-state index in [0.717, 1.165) is 11.0 Å². The molecule has 3 aliphatic heterocycles. The number of imide groups is 2. The second-order valence-electron chi connectivity index (χ2n) is 15.3. The molecule has 65 heavy (non-hydrogen) atoms. The maximum absolute atomic E-state index is 16.4. The molecule has 0 bridgehead atoms. The zero-order valence-corrected chi connectivity index (χ0v) is 36.1. The number of piperazine rings is 1. The lowest BCUT2D eigenvalue weighted by Gasteiger charge is -2.35. The molecule has 0 spiro atoms. The molecule has 0 unspecified atom stereocenters. The summed E-state index contributed by atoms with van der Waals surface area (Å²) in [5.41, 5.74) is -0.254. The van der Waals surface area contributed by atoms with E-state index in [0.29, 0.717) is 44.2 Å². The Bertz CT molecular complexity index is 2540. The molecule has 21 heteroatoms. The molecule has 3 aromatic carbocycles. The Balaban J connectivity index is 0.875. The van der Waals surface area contributed by atoms with Crippen LogP contribution in [0.25, 0.3) is 22.0 Å². The van der Waals surface area contributed by atoms with Crippen molar-refractivity contribution < 1.29 is 52.1 Å². The van der Waals surface area contributed by atoms with Gasteiger partial charge in [0.25, 0.3) is 11.8 Å². The highest BCUT2D eigenvalue weighted by molar-refractivity contribution is 6.34. The van der Waals surface area contributed by atoms with Crippen LogP contribution < -0.4 is 20.9 Å². The number of halogens is 3. The highest BCUT2D eigenvalue weighted by Gasteiger charge is 2.45. The fourth-order valence-electron chi connectivity index (χ4n) is 7.80. The van der Waals surface area contributed by atoms with Crippen LogP contribution in [0, 0.1) is 11.6 Å². The van der Waals surface area contributed by atoms with Crippen molar-refractivity contribution in [1.29, 1.82) is 0 Å². The first-order valence-electron chi connectivity index (χ1n) is 20.8. The third kappa shape index (κ3) is 9.98. The molecule has 4 aromatic rings. The summed E-state index contributed by atoms with van der Waals surface area (Å²) in [4.78, 5) is 90.5. The standard InChI is InChI=1S/C44H46ClF2N9O9/c1-3-33(59)54-15-17-55(18-16-54)40-26-24-27(45)36(37-28(46)7-5-9-31(37)57)38(47)39(26)51-44(52-40)49-13-12-34(60)53(2)19-21-65-23-22-64-20-14-48-29-8-4-6-25-35(29)43(63)56(42(25)62)30-10-11-32(58)50-41(30)61/h3-9,24,30,48,57H,1,10-23H2,2H3,(H,49,51,52)(H,50,58,61)/t30-/m0/s1. The Morgan fingerprint density at radius 3 is 2.42 bits per heavy atom. The number of aromatic nitrogens is 2. The number of likely N-dealkylation sites (N-methyl/N-ethyl adjacent to an activating group) is 1. The number of piperidine rings is 1. The average Bonchev–Trinajstić information content (AvgIpc) is 3.55. The minimum Gasteiger partial charge on any atom is -0.507 e. The van der Waals surface area contributed by atoms with Gasteiger partial charge in [-0.2, -0.15) is 4.98 Å². The number of phenols is 1. The summed E-state index contributed by atoms with van der Waals surface area (Å²) in [6.07, 6.45) is 1.33. The van der Waals surface area contributed by atoms with Crippen molar-refractivity contribution in [1.82, 2.24) is 30.0 Å². The highest BCUT2D eigenvalue weighted by atomic mass is 35.5. The molecule has 0 aliphatic carbocycles. The minimum absolute atomic E-state index is 0.0105. The summed E-state index contributed by atoms with van der Waals surface area (Å²) in [6, 6.07) is 8.72. The van der Waals surface area contributed by atoms with E-state index < -0.39 is 52.6 Å². The van der Waals surface area contributed by atoms with Gasteiger partial charge in [-0.25, -0.2) is 13.8 Å². The van der Waals surface area contributed by atoms with Gasteiger partial charge in [0.15, 0.2) is 5.82 Å². The number of anilines is 3. The average molecular weight is 918 g/mol. The largest absolute Gasteiger partial charge is 0.507 e. The number of carbonyl (C=O) groups is 6. The highest BCUT2D eigenvalue weighted by Crippen LogP contribution is 2.42. The Kier molecular flexibility index (Phi) is 14.5. The first-order chi connectivity index (χ1) is 31.3. The van der Waals surface area contributed by atoms with Crippen molar-refractivity contribution in [2.75, 3.05) is 94.8 Å². The topological polar surface area (TPSA) is 216 Å². The number of rotatable bonds is 18. The molecule has 4 heterocycles. The third-order valence-corrected chi connectivity index (χ3v) is 11.5. The zero-order chi connectivity index (χ0) is 46.4. The van der Waals surface area contributed by atoms with Gasteiger partial charge in [-0.1, -0.05) is 30.3 Å². The van der Waals surface area contributed by atoms with Gasteiger partial charge in [0.1, 0.15) is 28.9 Å². The predicted octanol–water partition coefficient (Wildman–Crippen LogP) is 3.58. The number of benzene rings is 3. The summed E-state index contributed by atoms with van der Waals surface area (Å²) in [5, 5.41) is 18.8. The summed E-state index contributed by atoms with van der Waals surface area (Å²) >= 11 is 6.55. The zero-order valence-electron chi connectivity index (χ0n) is 35.3. The van der Waals surface area contributed by atoms with Crippen molar-refractivity contribution in [2.45, 2.75) is 25.3 Å². The Labute approximate surface area is 376 Å². The van der Waals surface area contributed by atoms with E-state index in [-0.39, 0.29) is 109 Å². The normalized spacial score (nSPS) is 16.2. The van der Waals surface area contributed by atoms with Gasteiger partial charge in [-0.05, 0) is 42.8 Å². The second-order valence-corrected chi connectivity index (χ2v) is 15.7. The van der Waals surface area contributed by atoms with Gasteiger partial charge >= 0.3 is 0 Å². The van der Waals surface area contributed by atoms with Crippen LogP contribution in [0.1, 0.15) is 40.0 Å². The van der Waals surface area contributed by atoms with Crippen molar-refractivity contribution in [3.05, 3.63) is 82.9 Å². The van der Waals surface area contributed by atoms with Crippen LogP contribution in [-0.2, 0) is 28.7 Å². The number of aromatic hydroxyl groups is 1. The Morgan fingerprint density at radius 1 is 0.954 bits per heavy atom. The van der Waals surface area contributed by atoms with Crippen LogP contribution in [0.3, 0.4) is 0 Å². The third-order valence-electron chi connectivity index (χ3n) is 11.2. The molecule has 7 rings (SSSR count). The molecular weight excluding hydrogens is 872 g/mol. The molecule has 6 amide bonds. The molecule has 0 saturated carbocycles. The van der Waals surface area contributed by atoms with Gasteiger partial charge in [0.2, 0.25) is 29.6 Å². The van der Waals surface area contributed by atoms with Crippen molar-refractivity contribution >= 4 is 75.4 Å². The van der Waals surface area contributed by atoms with E-state index in [9.17, 15) is 38.3 Å². The van der Waals surface area contributed by atoms with Crippen LogP contribution in [-0.4, -0.2) is 151 Å². The van der Waals surface area contributed by atoms with Crippen LogP contribution in [0.15, 0.2) is 55.1 Å². The number of fused-ring (bicyclic) bond motifs is 2. The lowest BCUT2D eigenvalue weighted by atomic mass is 10.0. The Morgan fingerprint density at radius 2 is 1.69 bits per heavy atom. The van der Waals surface area contributed by atoms with Gasteiger partial charge in [0, 0.05) is 82.3 Å². The van der Waals surface area contributed by atoms with E-state index in [1.165, 1.54) is 35.2 Å². The molecule has 342 valence electrons. The fraction of sp³-hybridized carbons (Fsp3) is 0.364. The van der Waals surface area contributed by atoms with E-state index >= 15 is 4.39 Å². The van der Waals surface area contributed by atoms with Gasteiger partial charge < -0.3 is 39.9 Å². The second kappa shape index (κ2) is 20.4. The van der Waals surface area contributed by atoms with Crippen LogP contribution in [0.4, 0.5) is 26.2 Å². The van der Waals surface area contributed by atoms with Gasteiger partial charge in [-0.3, -0.25) is 39.0 Å². The fourth-order valence-corrected chi connectivity index (χ4v) is 8.08.